The Labute approximate surface area is 148 Å². The molecule has 2 heterocycles. The van der Waals surface area contributed by atoms with Crippen molar-refractivity contribution in [3.63, 3.8) is 0 Å². The summed E-state index contributed by atoms with van der Waals surface area (Å²) in [4.78, 5) is 21.5. The summed E-state index contributed by atoms with van der Waals surface area (Å²) in [6, 6.07) is 11.9. The molecule has 1 aliphatic heterocycles. The fourth-order valence-electron chi connectivity index (χ4n) is 3.83. The number of hydrogen-bond acceptors (Lipinski definition) is 4. The summed E-state index contributed by atoms with van der Waals surface area (Å²) in [7, 11) is 0. The normalized spacial score (nSPS) is 21.4. The van der Waals surface area contributed by atoms with E-state index < -0.39 is 0 Å². The molecule has 0 spiro atoms. The number of piperidine rings is 1. The smallest absolute Gasteiger partial charge is 0.251 e. The second-order valence-corrected chi connectivity index (χ2v) is 7.17. The van der Waals surface area contributed by atoms with Crippen molar-refractivity contribution in [3.8, 4) is 0 Å². The largest absolute Gasteiger partial charge is 0.396 e. The van der Waals surface area contributed by atoms with Crippen LogP contribution in [0.1, 0.15) is 36.8 Å². The van der Waals surface area contributed by atoms with Gasteiger partial charge in [0.05, 0.1) is 13.2 Å². The van der Waals surface area contributed by atoms with Crippen LogP contribution in [0.25, 0.3) is 0 Å². The quantitative estimate of drug-likeness (QED) is 0.845. The predicted octanol–water partition coefficient (Wildman–Crippen LogP) is 2.15. The van der Waals surface area contributed by atoms with Gasteiger partial charge in [-0.25, -0.2) is 4.98 Å². The van der Waals surface area contributed by atoms with E-state index in [0.29, 0.717) is 6.54 Å². The Morgan fingerprint density at radius 2 is 2.12 bits per heavy atom. The summed E-state index contributed by atoms with van der Waals surface area (Å²) >= 11 is 0. The van der Waals surface area contributed by atoms with Gasteiger partial charge in [-0.3, -0.25) is 9.69 Å². The Kier molecular flexibility index (Phi) is 5.66. The topological polar surface area (TPSA) is 69.2 Å². The highest BCUT2D eigenvalue weighted by Gasteiger charge is 2.35. The fourth-order valence-corrected chi connectivity index (χ4v) is 3.83. The average molecular weight is 341 g/mol. The molecule has 1 saturated heterocycles. The van der Waals surface area contributed by atoms with E-state index in [2.05, 4.69) is 27.0 Å². The number of rotatable bonds is 6. The first kappa shape index (κ1) is 17.8. The summed E-state index contributed by atoms with van der Waals surface area (Å²) in [6.45, 7) is 4.59. The maximum Gasteiger partial charge on any atom is 0.251 e. The lowest BCUT2D eigenvalue weighted by molar-refractivity contribution is 0.0277. The molecular weight excluding hydrogens is 314 g/mol. The number of aromatic nitrogens is 2. The van der Waals surface area contributed by atoms with E-state index in [1.54, 1.807) is 6.07 Å². The second-order valence-electron chi connectivity index (χ2n) is 7.17. The van der Waals surface area contributed by atoms with Gasteiger partial charge in [0.1, 0.15) is 5.82 Å². The number of nitrogens with zero attached hydrogens (tertiary/aromatic N) is 2. The van der Waals surface area contributed by atoms with Crippen LogP contribution >= 0.6 is 0 Å². The van der Waals surface area contributed by atoms with E-state index in [1.807, 2.05) is 25.1 Å². The molecule has 1 aromatic carbocycles. The van der Waals surface area contributed by atoms with E-state index in [1.165, 1.54) is 5.56 Å². The summed E-state index contributed by atoms with van der Waals surface area (Å²) in [5.74, 6) is 0.720. The van der Waals surface area contributed by atoms with E-state index in [4.69, 9.17) is 0 Å². The predicted molar refractivity (Wildman–Crippen MR) is 98.4 cm³/mol. The van der Waals surface area contributed by atoms with E-state index in [0.717, 1.165) is 50.3 Å². The average Bonchev–Trinajstić information content (AvgIpc) is 2.62. The van der Waals surface area contributed by atoms with Crippen LogP contribution in [0.4, 0.5) is 0 Å². The van der Waals surface area contributed by atoms with Crippen molar-refractivity contribution in [2.24, 2.45) is 5.41 Å². The monoisotopic (exact) mass is 341 g/mol. The van der Waals surface area contributed by atoms with Crippen LogP contribution in [-0.4, -0.2) is 39.7 Å². The van der Waals surface area contributed by atoms with Crippen LogP contribution < -0.4 is 5.56 Å². The lowest BCUT2D eigenvalue weighted by Gasteiger charge is -2.42. The van der Waals surface area contributed by atoms with Gasteiger partial charge in [-0.15, -0.1) is 0 Å². The van der Waals surface area contributed by atoms with Crippen LogP contribution in [0, 0.1) is 5.41 Å². The van der Waals surface area contributed by atoms with Crippen molar-refractivity contribution in [2.75, 3.05) is 19.7 Å². The first-order chi connectivity index (χ1) is 12.1. The summed E-state index contributed by atoms with van der Waals surface area (Å²) < 4.78 is 0. The molecule has 5 heteroatoms. The molecule has 1 atom stereocenters. The molecule has 0 radical (unpaired) electrons. The summed E-state index contributed by atoms with van der Waals surface area (Å²) in [5, 5.41) is 10.1. The minimum Gasteiger partial charge on any atom is -0.396 e. The maximum atomic E-state index is 11.8. The van der Waals surface area contributed by atoms with Crippen LogP contribution in [-0.2, 0) is 19.4 Å². The lowest BCUT2D eigenvalue weighted by atomic mass is 9.76. The van der Waals surface area contributed by atoms with Gasteiger partial charge >= 0.3 is 0 Å². The first-order valence-electron chi connectivity index (χ1n) is 9.09. The molecule has 2 aromatic rings. The van der Waals surface area contributed by atoms with E-state index in [9.17, 15) is 9.90 Å². The third-order valence-electron chi connectivity index (χ3n) is 5.08. The Bertz CT molecular complexity index is 744. The van der Waals surface area contributed by atoms with Crippen LogP contribution in [0.3, 0.4) is 0 Å². The number of aliphatic hydroxyl groups is 1. The zero-order valence-corrected chi connectivity index (χ0v) is 14.9. The number of nitrogens with one attached hydrogen (secondary N) is 1. The molecule has 0 saturated carbocycles. The van der Waals surface area contributed by atoms with Gasteiger partial charge in [0.25, 0.3) is 5.56 Å². The van der Waals surface area contributed by atoms with E-state index >= 15 is 0 Å². The third kappa shape index (κ3) is 4.55. The van der Waals surface area contributed by atoms with Gasteiger partial charge < -0.3 is 10.1 Å². The van der Waals surface area contributed by atoms with Gasteiger partial charge in [-0.05, 0) is 37.8 Å². The first-order valence-corrected chi connectivity index (χ1v) is 9.09. The molecule has 3 rings (SSSR count). The molecule has 2 N–H and O–H groups in total. The number of benzene rings is 1. The Hall–Kier alpha value is -1.98. The molecule has 1 fully saturated rings. The summed E-state index contributed by atoms with van der Waals surface area (Å²) in [6.07, 6.45) is 3.70. The molecule has 134 valence electrons. The lowest BCUT2D eigenvalue weighted by Crippen LogP contribution is -2.46. The van der Waals surface area contributed by atoms with Gasteiger partial charge in [0, 0.05) is 23.7 Å². The zero-order chi connectivity index (χ0) is 17.7. The van der Waals surface area contributed by atoms with E-state index in [-0.39, 0.29) is 17.6 Å². The van der Waals surface area contributed by atoms with Gasteiger partial charge in [-0.2, -0.15) is 0 Å². The molecule has 0 aliphatic carbocycles. The highest BCUT2D eigenvalue weighted by atomic mass is 16.3. The second kappa shape index (κ2) is 7.93. The number of H-pyrrole nitrogens is 1. The number of aryl methyl sites for hydroxylation is 1. The standard InChI is InChI=1S/C20H27N3O2/c1-2-17-11-19(25)22-18(21-17)13-23-10-6-9-20(14-23,15-24)12-16-7-4-3-5-8-16/h3-5,7-8,11,24H,2,6,9-10,12-15H2,1H3,(H,21,22,25). The Balaban J connectivity index is 1.73. The number of hydrogen-bond donors (Lipinski definition) is 2. The van der Waals surface area contributed by atoms with Crippen LogP contribution in [0.15, 0.2) is 41.2 Å². The van der Waals surface area contributed by atoms with Gasteiger partial charge in [0.15, 0.2) is 0 Å². The minimum atomic E-state index is -0.123. The zero-order valence-electron chi connectivity index (χ0n) is 14.9. The van der Waals surface area contributed by atoms with Crippen molar-refractivity contribution < 1.29 is 5.11 Å². The molecule has 0 amide bonds. The molecular formula is C20H27N3O2. The van der Waals surface area contributed by atoms with Crippen LogP contribution in [0.5, 0.6) is 0 Å². The molecule has 0 bridgehead atoms. The Morgan fingerprint density at radius 3 is 2.84 bits per heavy atom. The SMILES string of the molecule is CCc1cc(=O)[nH]c(CN2CCCC(CO)(Cc3ccccc3)C2)n1. The minimum absolute atomic E-state index is 0.0865. The number of aliphatic hydroxyl groups excluding tert-OH is 1. The van der Waals surface area contributed by atoms with Crippen molar-refractivity contribution in [1.82, 2.24) is 14.9 Å². The van der Waals surface area contributed by atoms with Crippen LogP contribution in [0.2, 0.25) is 0 Å². The van der Waals surface area contributed by atoms with Crippen molar-refractivity contribution >= 4 is 0 Å². The summed E-state index contributed by atoms with van der Waals surface area (Å²) in [5.41, 5.74) is 1.88. The maximum absolute atomic E-state index is 11.8. The number of likely N-dealkylation sites (tertiary alicyclic amines) is 1. The fraction of sp³-hybridized carbons (Fsp3) is 0.500. The molecule has 1 unspecified atom stereocenters. The third-order valence-corrected chi connectivity index (χ3v) is 5.08. The molecule has 1 aromatic heterocycles. The van der Waals surface area contributed by atoms with Gasteiger partial charge in [-0.1, -0.05) is 37.3 Å². The van der Waals surface area contributed by atoms with Crippen molar-refractivity contribution in [2.45, 2.75) is 39.2 Å². The number of aromatic amines is 1. The Morgan fingerprint density at radius 1 is 1.32 bits per heavy atom. The molecule has 5 nitrogen and oxygen atoms in total. The van der Waals surface area contributed by atoms with Crippen molar-refractivity contribution in [1.29, 1.82) is 0 Å². The van der Waals surface area contributed by atoms with Gasteiger partial charge in [0.2, 0.25) is 0 Å². The molecule has 25 heavy (non-hydrogen) atoms. The highest BCUT2D eigenvalue weighted by Crippen LogP contribution is 2.33. The van der Waals surface area contributed by atoms with Crippen molar-refractivity contribution in [3.05, 3.63) is 63.8 Å². The molecule has 1 aliphatic rings. The highest BCUT2D eigenvalue weighted by molar-refractivity contribution is 5.17.